The van der Waals surface area contributed by atoms with Crippen molar-refractivity contribution in [3.63, 3.8) is 0 Å². The molecule has 3 heterocycles. The number of nitrogens with zero attached hydrogens (tertiary/aromatic N) is 5. The first-order valence-corrected chi connectivity index (χ1v) is 11.5. The fourth-order valence-corrected chi connectivity index (χ4v) is 4.30. The highest BCUT2D eigenvalue weighted by atomic mass is 19.2. The molecule has 0 unspecified atom stereocenters. The Balaban J connectivity index is 1.73. The summed E-state index contributed by atoms with van der Waals surface area (Å²) >= 11 is 0. The van der Waals surface area contributed by atoms with Crippen molar-refractivity contribution >= 4 is 73.1 Å². The maximum absolute atomic E-state index is 14.7. The van der Waals surface area contributed by atoms with Gasteiger partial charge in [-0.1, -0.05) is 0 Å². The van der Waals surface area contributed by atoms with Crippen LogP contribution < -0.4 is 55.7 Å². The molecule has 13 nitrogen and oxygen atoms in total. The van der Waals surface area contributed by atoms with E-state index in [1.165, 1.54) is 24.3 Å². The molecule has 14 N–H and O–H groups in total. The first-order chi connectivity index (χ1) is 19.9. The highest BCUT2D eigenvalue weighted by molar-refractivity contribution is 6.23. The van der Waals surface area contributed by atoms with E-state index >= 15 is 0 Å². The summed E-state index contributed by atoms with van der Waals surface area (Å²) in [4.78, 5) is 13.0. The number of nitrogens with one attached hydrogen (secondary N) is 2. The van der Waals surface area contributed by atoms with Gasteiger partial charge in [0.15, 0.2) is 23.3 Å². The SMILES string of the molecule is N#CC(N)=c1c(F)c(F)c(=C(N)NNc2cc3c4cc(N)c(N)nc4c4nc(N)c(C#N)cc4c3nc2N)c(F)c1F. The van der Waals surface area contributed by atoms with Gasteiger partial charge < -0.3 is 34.4 Å². The minimum absolute atomic E-state index is 0.00216. The number of fused-ring (bicyclic) bond motifs is 6. The van der Waals surface area contributed by atoms with Gasteiger partial charge in [-0.15, -0.1) is 0 Å². The highest BCUT2D eigenvalue weighted by Gasteiger charge is 2.22. The summed E-state index contributed by atoms with van der Waals surface area (Å²) in [6.07, 6.45) is 0. The second kappa shape index (κ2) is 9.61. The summed E-state index contributed by atoms with van der Waals surface area (Å²) in [5.41, 5.74) is 39.5. The fourth-order valence-electron chi connectivity index (χ4n) is 4.30. The molecule has 0 aliphatic heterocycles. The molecule has 0 aliphatic carbocycles. The summed E-state index contributed by atoms with van der Waals surface area (Å²) in [5.74, 6) is -8.79. The lowest BCUT2D eigenvalue weighted by molar-refractivity contribution is 0.433. The van der Waals surface area contributed by atoms with E-state index in [9.17, 15) is 22.8 Å². The Morgan fingerprint density at radius 1 is 0.690 bits per heavy atom. The zero-order valence-corrected chi connectivity index (χ0v) is 20.9. The Bertz CT molecular complexity index is 2200. The Labute approximate surface area is 231 Å². The van der Waals surface area contributed by atoms with E-state index in [0.717, 1.165) is 0 Å². The van der Waals surface area contributed by atoms with Gasteiger partial charge in [0, 0.05) is 16.2 Å². The van der Waals surface area contributed by atoms with Crippen LogP contribution in [0.3, 0.4) is 0 Å². The van der Waals surface area contributed by atoms with E-state index in [2.05, 4.69) is 25.8 Å². The normalized spacial score (nSPS) is 10.9. The van der Waals surface area contributed by atoms with Gasteiger partial charge in [0.05, 0.1) is 38.4 Å². The smallest absolute Gasteiger partial charge is 0.173 e. The number of anilines is 5. The van der Waals surface area contributed by atoms with E-state index in [1.54, 1.807) is 0 Å². The third-order valence-electron chi connectivity index (χ3n) is 6.33. The zero-order chi connectivity index (χ0) is 30.6. The molecule has 0 radical (unpaired) electrons. The van der Waals surface area contributed by atoms with Crippen LogP contribution in [0.25, 0.3) is 44.2 Å². The first-order valence-electron chi connectivity index (χ1n) is 11.5. The molecule has 0 saturated heterocycles. The van der Waals surface area contributed by atoms with Gasteiger partial charge in [0.2, 0.25) is 0 Å². The third kappa shape index (κ3) is 3.97. The zero-order valence-electron chi connectivity index (χ0n) is 20.9. The van der Waals surface area contributed by atoms with Crippen molar-refractivity contribution in [3.8, 4) is 12.1 Å². The van der Waals surface area contributed by atoms with Gasteiger partial charge in [-0.3, -0.25) is 10.9 Å². The van der Waals surface area contributed by atoms with Crippen LogP contribution in [0.4, 0.5) is 46.4 Å². The first kappa shape index (κ1) is 27.1. The summed E-state index contributed by atoms with van der Waals surface area (Å²) in [7, 11) is 0. The lowest BCUT2D eigenvalue weighted by Gasteiger charge is -2.16. The number of hydrogen-bond donors (Lipinski definition) is 8. The number of halogens is 4. The Morgan fingerprint density at radius 3 is 1.86 bits per heavy atom. The van der Waals surface area contributed by atoms with Crippen LogP contribution in [0.15, 0.2) is 18.2 Å². The highest BCUT2D eigenvalue weighted by Crippen LogP contribution is 2.37. The van der Waals surface area contributed by atoms with Crippen molar-refractivity contribution in [2.75, 3.05) is 28.4 Å². The molecule has 42 heavy (non-hydrogen) atoms. The van der Waals surface area contributed by atoms with Crippen LogP contribution >= 0.6 is 0 Å². The van der Waals surface area contributed by atoms with Gasteiger partial charge in [-0.25, -0.2) is 32.5 Å². The average molecular weight is 575 g/mol. The predicted octanol–water partition coefficient (Wildman–Crippen LogP) is 0.320. The van der Waals surface area contributed by atoms with E-state index in [0.29, 0.717) is 16.2 Å². The molecule has 0 bridgehead atoms. The average Bonchev–Trinajstić information content (AvgIpc) is 2.96. The molecular weight excluding hydrogens is 558 g/mol. The standard InChI is InChI=1S/C25H17F4N13/c26-15-13(11(33)5-31)16(27)18(29)14(17(15)28)25(37)42-41-12-3-8-7-2-10(32)23(35)40-20(7)21-9(19(8)38-24(12)36)1-6(4-30)22(34)39-21/h1-3,41-42H,32-33,37H2,(H2,34,39)(H2,35,40)(H2,36,38). The molecule has 0 aliphatic rings. The van der Waals surface area contributed by atoms with Gasteiger partial charge in [-0.05, 0) is 18.2 Å². The number of hydrogen-bond acceptors (Lipinski definition) is 13. The van der Waals surface area contributed by atoms with Gasteiger partial charge in [0.25, 0.3) is 0 Å². The summed E-state index contributed by atoms with van der Waals surface area (Å²) in [6.45, 7) is 0. The number of nitrogen functional groups attached to an aromatic ring is 4. The molecule has 0 fully saturated rings. The van der Waals surface area contributed by atoms with Gasteiger partial charge in [-0.2, -0.15) is 10.5 Å². The Hall–Kier alpha value is -6.49. The van der Waals surface area contributed by atoms with Gasteiger partial charge >= 0.3 is 0 Å². The molecule has 0 spiro atoms. The van der Waals surface area contributed by atoms with Crippen molar-refractivity contribution in [2.45, 2.75) is 0 Å². The van der Waals surface area contributed by atoms with E-state index in [1.807, 2.05) is 6.07 Å². The van der Waals surface area contributed by atoms with Crippen molar-refractivity contribution < 1.29 is 17.6 Å². The van der Waals surface area contributed by atoms with Crippen LogP contribution in [0.2, 0.25) is 0 Å². The molecule has 0 saturated carbocycles. The van der Waals surface area contributed by atoms with Crippen molar-refractivity contribution in [1.82, 2.24) is 20.4 Å². The minimum Gasteiger partial charge on any atom is -0.396 e. The minimum atomic E-state index is -1.92. The molecule has 210 valence electrons. The predicted molar refractivity (Wildman–Crippen MR) is 148 cm³/mol. The quantitative estimate of drug-likeness (QED) is 0.0624. The van der Waals surface area contributed by atoms with Gasteiger partial charge in [0.1, 0.15) is 46.6 Å². The molecule has 0 atom stereocenters. The number of pyridine rings is 3. The number of benzene rings is 2. The fraction of sp³-hybridized carbons (Fsp3) is 0. The molecule has 0 amide bonds. The van der Waals surface area contributed by atoms with Crippen molar-refractivity contribution in [2.24, 2.45) is 11.5 Å². The molecular formula is C25H17F4N13. The number of aromatic nitrogens is 3. The van der Waals surface area contributed by atoms with Crippen molar-refractivity contribution in [1.29, 1.82) is 10.5 Å². The van der Waals surface area contributed by atoms with Crippen LogP contribution in [-0.2, 0) is 0 Å². The Kier molecular flexibility index (Phi) is 6.20. The lowest BCUT2D eigenvalue weighted by Crippen LogP contribution is -2.39. The third-order valence-corrected chi connectivity index (χ3v) is 6.33. The van der Waals surface area contributed by atoms with Crippen LogP contribution in [0, 0.1) is 45.9 Å². The number of nitrogens with two attached hydrogens (primary N) is 6. The second-order valence-electron chi connectivity index (χ2n) is 8.80. The molecule has 17 heteroatoms. The van der Waals surface area contributed by atoms with E-state index < -0.39 is 45.2 Å². The Morgan fingerprint density at radius 2 is 1.24 bits per heavy atom. The van der Waals surface area contributed by atoms with Crippen LogP contribution in [0.5, 0.6) is 0 Å². The molecule has 2 aromatic carbocycles. The summed E-state index contributed by atoms with van der Waals surface area (Å²) in [5, 5.41) is 16.7. The van der Waals surface area contributed by atoms with Crippen molar-refractivity contribution in [3.05, 3.63) is 57.5 Å². The molecule has 5 aromatic rings. The maximum Gasteiger partial charge on any atom is 0.173 e. The largest absolute Gasteiger partial charge is 0.396 e. The van der Waals surface area contributed by atoms with E-state index in [4.69, 9.17) is 39.7 Å². The monoisotopic (exact) mass is 575 g/mol. The summed E-state index contributed by atoms with van der Waals surface area (Å²) in [6, 6.07) is 7.56. The molecule has 5 rings (SSSR count). The topological polar surface area (TPSA) is 266 Å². The van der Waals surface area contributed by atoms with Crippen LogP contribution in [0.1, 0.15) is 5.56 Å². The lowest BCUT2D eigenvalue weighted by atomic mass is 10.0. The maximum atomic E-state index is 14.7. The number of hydrazine groups is 1. The summed E-state index contributed by atoms with van der Waals surface area (Å²) < 4.78 is 58.4. The second-order valence-corrected chi connectivity index (χ2v) is 8.80. The molecule has 3 aromatic heterocycles. The van der Waals surface area contributed by atoms with E-state index in [-0.39, 0.29) is 50.9 Å². The van der Waals surface area contributed by atoms with Crippen LogP contribution in [-0.4, -0.2) is 15.0 Å². The number of nitriles is 2. The number of rotatable bonds is 3.